The van der Waals surface area contributed by atoms with E-state index in [0.717, 1.165) is 65.2 Å². The van der Waals surface area contributed by atoms with E-state index >= 15 is 0 Å². The molecule has 3 aliphatic heterocycles. The van der Waals surface area contributed by atoms with Crippen LogP contribution in [0, 0.1) is 5.92 Å². The Labute approximate surface area is 145 Å². The van der Waals surface area contributed by atoms with Crippen LogP contribution in [0.2, 0.25) is 0 Å². The Morgan fingerprint density at radius 2 is 1.54 bits per heavy atom. The summed E-state index contributed by atoms with van der Waals surface area (Å²) in [6, 6.07) is 0.522. The summed E-state index contributed by atoms with van der Waals surface area (Å²) in [5.41, 5.74) is 0. The number of piperazine rings is 1. The number of likely N-dealkylation sites (tertiary alicyclic amines) is 2. The van der Waals surface area contributed by atoms with E-state index < -0.39 is 0 Å². The fraction of sp³-hybridized carbons (Fsp3) is 0.889. The van der Waals surface area contributed by atoms with Crippen molar-refractivity contribution in [3.63, 3.8) is 0 Å². The maximum atomic E-state index is 12.5. The quantitative estimate of drug-likeness (QED) is 0.752. The van der Waals surface area contributed by atoms with Crippen LogP contribution in [0.1, 0.15) is 33.1 Å². The lowest BCUT2D eigenvalue weighted by Gasteiger charge is -2.39. The van der Waals surface area contributed by atoms with Crippen LogP contribution in [0.25, 0.3) is 0 Å². The number of rotatable bonds is 3. The van der Waals surface area contributed by atoms with Gasteiger partial charge in [0.15, 0.2) is 0 Å². The Bertz CT molecular complexity index is 456. The third-order valence-electron chi connectivity index (χ3n) is 5.94. The molecule has 2 atom stereocenters. The van der Waals surface area contributed by atoms with Crippen molar-refractivity contribution in [3.05, 3.63) is 0 Å². The van der Waals surface area contributed by atoms with Gasteiger partial charge in [0.1, 0.15) is 0 Å². The molecule has 0 aromatic heterocycles. The maximum absolute atomic E-state index is 12.5. The van der Waals surface area contributed by atoms with Crippen LogP contribution >= 0.6 is 0 Å². The molecule has 0 aromatic carbocycles. The molecule has 6 nitrogen and oxygen atoms in total. The highest BCUT2D eigenvalue weighted by Gasteiger charge is 2.36. The van der Waals surface area contributed by atoms with Gasteiger partial charge in [0, 0.05) is 65.3 Å². The minimum atomic E-state index is 0.183. The van der Waals surface area contributed by atoms with E-state index in [1.807, 2.05) is 9.80 Å². The molecule has 0 aliphatic carbocycles. The van der Waals surface area contributed by atoms with Gasteiger partial charge in [-0.2, -0.15) is 0 Å². The molecular weight excluding hydrogens is 304 g/mol. The lowest BCUT2D eigenvalue weighted by molar-refractivity contribution is -0.133. The average molecular weight is 336 g/mol. The molecule has 3 fully saturated rings. The van der Waals surface area contributed by atoms with Crippen LogP contribution in [0.3, 0.4) is 0 Å². The van der Waals surface area contributed by atoms with Crippen molar-refractivity contribution in [1.29, 1.82) is 0 Å². The predicted molar refractivity (Wildman–Crippen MR) is 93.7 cm³/mol. The number of carbonyl (C=O) groups excluding carboxylic acids is 2. The van der Waals surface area contributed by atoms with Crippen molar-refractivity contribution in [2.75, 3.05) is 58.9 Å². The van der Waals surface area contributed by atoms with E-state index in [-0.39, 0.29) is 5.91 Å². The number of hydrogen-bond acceptors (Lipinski definition) is 4. The van der Waals surface area contributed by atoms with Gasteiger partial charge in [-0.1, -0.05) is 6.92 Å². The maximum Gasteiger partial charge on any atom is 0.236 e. The summed E-state index contributed by atoms with van der Waals surface area (Å²) >= 11 is 0. The van der Waals surface area contributed by atoms with Crippen LogP contribution in [-0.4, -0.2) is 96.4 Å². The SMILES string of the molecule is CC(=O)N1CCN([C@@H]2CN(CC(=O)N3CCCCC3)C[C@@H]2C)CC1. The molecule has 3 saturated heterocycles. The van der Waals surface area contributed by atoms with Crippen molar-refractivity contribution < 1.29 is 9.59 Å². The molecule has 0 bridgehead atoms. The third-order valence-corrected chi connectivity index (χ3v) is 5.94. The summed E-state index contributed by atoms with van der Waals surface area (Å²) in [7, 11) is 0. The monoisotopic (exact) mass is 336 g/mol. The zero-order valence-electron chi connectivity index (χ0n) is 15.2. The molecule has 3 rings (SSSR count). The molecule has 0 N–H and O–H groups in total. The lowest BCUT2D eigenvalue weighted by atomic mass is 10.0. The summed E-state index contributed by atoms with van der Waals surface area (Å²) in [5, 5.41) is 0. The topological polar surface area (TPSA) is 47.1 Å². The van der Waals surface area contributed by atoms with E-state index in [4.69, 9.17) is 0 Å². The van der Waals surface area contributed by atoms with E-state index in [2.05, 4.69) is 16.7 Å². The normalized spacial score (nSPS) is 29.9. The predicted octanol–water partition coefficient (Wildman–Crippen LogP) is 0.483. The van der Waals surface area contributed by atoms with Crippen molar-refractivity contribution in [1.82, 2.24) is 19.6 Å². The lowest BCUT2D eigenvalue weighted by Crippen LogP contribution is -2.53. The molecule has 24 heavy (non-hydrogen) atoms. The second-order valence-electron chi connectivity index (χ2n) is 7.72. The summed E-state index contributed by atoms with van der Waals surface area (Å²) in [4.78, 5) is 32.8. The first kappa shape index (κ1) is 17.7. The van der Waals surface area contributed by atoms with Crippen LogP contribution in [0.15, 0.2) is 0 Å². The Morgan fingerprint density at radius 3 is 2.17 bits per heavy atom. The second-order valence-corrected chi connectivity index (χ2v) is 7.72. The molecule has 136 valence electrons. The zero-order valence-corrected chi connectivity index (χ0v) is 15.2. The number of carbonyl (C=O) groups is 2. The molecule has 3 aliphatic rings. The van der Waals surface area contributed by atoms with Crippen molar-refractivity contribution in [3.8, 4) is 0 Å². The van der Waals surface area contributed by atoms with Crippen LogP contribution < -0.4 is 0 Å². The number of hydrogen-bond donors (Lipinski definition) is 0. The number of amides is 2. The van der Waals surface area contributed by atoms with E-state index in [0.29, 0.717) is 24.4 Å². The van der Waals surface area contributed by atoms with Gasteiger partial charge in [-0.3, -0.25) is 19.4 Å². The summed E-state index contributed by atoms with van der Waals surface area (Å²) in [6.07, 6.45) is 3.58. The molecule has 0 saturated carbocycles. The van der Waals surface area contributed by atoms with Gasteiger partial charge in [0.25, 0.3) is 0 Å². The van der Waals surface area contributed by atoms with Gasteiger partial charge in [0.2, 0.25) is 11.8 Å². The largest absolute Gasteiger partial charge is 0.342 e. The van der Waals surface area contributed by atoms with E-state index in [9.17, 15) is 9.59 Å². The van der Waals surface area contributed by atoms with Gasteiger partial charge in [-0.25, -0.2) is 0 Å². The highest BCUT2D eigenvalue weighted by Crippen LogP contribution is 2.23. The van der Waals surface area contributed by atoms with E-state index in [1.165, 1.54) is 6.42 Å². The number of nitrogens with zero attached hydrogens (tertiary/aromatic N) is 4. The van der Waals surface area contributed by atoms with Crippen molar-refractivity contribution in [2.45, 2.75) is 39.2 Å². The zero-order chi connectivity index (χ0) is 17.1. The first-order chi connectivity index (χ1) is 11.5. The van der Waals surface area contributed by atoms with Gasteiger partial charge in [-0.05, 0) is 25.2 Å². The van der Waals surface area contributed by atoms with E-state index in [1.54, 1.807) is 6.92 Å². The molecule has 0 spiro atoms. The summed E-state index contributed by atoms with van der Waals surface area (Å²) < 4.78 is 0. The molecule has 6 heteroatoms. The second kappa shape index (κ2) is 7.83. The van der Waals surface area contributed by atoms with Crippen LogP contribution in [-0.2, 0) is 9.59 Å². The highest BCUT2D eigenvalue weighted by molar-refractivity contribution is 5.78. The highest BCUT2D eigenvalue weighted by atomic mass is 16.2. The minimum Gasteiger partial charge on any atom is -0.342 e. The standard InChI is InChI=1S/C18H32N4O2/c1-15-12-19(14-18(24)22-6-4-3-5-7-22)13-17(15)21-10-8-20(9-11-21)16(2)23/h15,17H,3-14H2,1-2H3/t15-,17+/m0/s1. The molecule has 2 amide bonds. The minimum absolute atomic E-state index is 0.183. The Kier molecular flexibility index (Phi) is 5.76. The average Bonchev–Trinajstić information content (AvgIpc) is 2.96. The fourth-order valence-electron chi connectivity index (χ4n) is 4.46. The first-order valence-electron chi connectivity index (χ1n) is 9.54. The Balaban J connectivity index is 1.48. The Morgan fingerprint density at radius 1 is 0.875 bits per heavy atom. The molecular formula is C18H32N4O2. The first-order valence-corrected chi connectivity index (χ1v) is 9.54. The van der Waals surface area contributed by atoms with Gasteiger partial charge in [0.05, 0.1) is 6.54 Å². The third kappa shape index (κ3) is 4.09. The molecule has 3 heterocycles. The van der Waals surface area contributed by atoms with Crippen molar-refractivity contribution >= 4 is 11.8 Å². The summed E-state index contributed by atoms with van der Waals surface area (Å²) in [5.74, 6) is 1.08. The summed E-state index contributed by atoms with van der Waals surface area (Å²) in [6.45, 7) is 12.0. The Hall–Kier alpha value is -1.14. The van der Waals surface area contributed by atoms with Gasteiger partial charge >= 0.3 is 0 Å². The van der Waals surface area contributed by atoms with Crippen LogP contribution in [0.5, 0.6) is 0 Å². The van der Waals surface area contributed by atoms with Gasteiger partial charge < -0.3 is 9.80 Å². The molecule has 0 unspecified atom stereocenters. The van der Waals surface area contributed by atoms with Crippen LogP contribution in [0.4, 0.5) is 0 Å². The smallest absolute Gasteiger partial charge is 0.236 e. The molecule has 0 aromatic rings. The van der Waals surface area contributed by atoms with Crippen molar-refractivity contribution in [2.24, 2.45) is 5.92 Å². The fourth-order valence-corrected chi connectivity index (χ4v) is 4.46. The number of piperidine rings is 1. The van der Waals surface area contributed by atoms with Gasteiger partial charge in [-0.15, -0.1) is 0 Å². The molecule has 0 radical (unpaired) electrons.